The van der Waals surface area contributed by atoms with Crippen molar-refractivity contribution >= 4 is 11.6 Å². The SMILES string of the molecule is COc1cc(C(=O)N(C)[C@H](C)c2cccc([N+](=O)[O-])c2)cc2c1OCCO2. The highest BCUT2D eigenvalue weighted by Crippen LogP contribution is 2.41. The van der Waals surface area contributed by atoms with E-state index >= 15 is 0 Å². The zero-order valence-electron chi connectivity index (χ0n) is 15.3. The molecule has 0 N–H and O–H groups in total. The van der Waals surface area contributed by atoms with Crippen LogP contribution in [0.15, 0.2) is 36.4 Å². The molecule has 0 saturated heterocycles. The summed E-state index contributed by atoms with van der Waals surface area (Å²) in [7, 11) is 3.15. The molecule has 0 spiro atoms. The van der Waals surface area contributed by atoms with Crippen molar-refractivity contribution < 1.29 is 23.9 Å². The Morgan fingerprint density at radius 3 is 2.70 bits per heavy atom. The van der Waals surface area contributed by atoms with E-state index in [9.17, 15) is 14.9 Å². The molecule has 142 valence electrons. The second kappa shape index (κ2) is 7.53. The fourth-order valence-corrected chi connectivity index (χ4v) is 2.90. The Morgan fingerprint density at radius 2 is 2.00 bits per heavy atom. The molecule has 0 unspecified atom stereocenters. The van der Waals surface area contributed by atoms with Gasteiger partial charge in [0.2, 0.25) is 5.75 Å². The monoisotopic (exact) mass is 372 g/mol. The number of nitrogens with zero attached hydrogens (tertiary/aromatic N) is 2. The standard InChI is InChI=1S/C19H20N2O6/c1-12(13-5-4-6-15(9-13)21(23)24)20(2)19(22)14-10-16(25-3)18-17(11-14)26-7-8-27-18/h4-6,9-12H,7-8H2,1-3H3/t12-/m1/s1. The predicted octanol–water partition coefficient (Wildman–Crippen LogP) is 3.21. The molecule has 8 heteroatoms. The van der Waals surface area contributed by atoms with Crippen LogP contribution in [0.25, 0.3) is 0 Å². The summed E-state index contributed by atoms with van der Waals surface area (Å²) >= 11 is 0. The number of rotatable bonds is 5. The molecule has 0 bridgehead atoms. The number of methoxy groups -OCH3 is 1. The van der Waals surface area contributed by atoms with Gasteiger partial charge in [0.05, 0.1) is 18.1 Å². The van der Waals surface area contributed by atoms with Crippen LogP contribution in [0, 0.1) is 10.1 Å². The minimum absolute atomic E-state index is 0.0128. The van der Waals surface area contributed by atoms with Crippen molar-refractivity contribution in [1.29, 1.82) is 0 Å². The van der Waals surface area contributed by atoms with Crippen LogP contribution >= 0.6 is 0 Å². The van der Waals surface area contributed by atoms with Crippen molar-refractivity contribution in [3.63, 3.8) is 0 Å². The summed E-state index contributed by atoms with van der Waals surface area (Å²) in [6.45, 7) is 2.63. The van der Waals surface area contributed by atoms with E-state index in [1.54, 1.807) is 31.3 Å². The Labute approximate surface area is 156 Å². The molecule has 2 aromatic carbocycles. The second-order valence-electron chi connectivity index (χ2n) is 6.15. The number of amides is 1. The number of nitro groups is 1. The molecular weight excluding hydrogens is 352 g/mol. The first-order valence-electron chi connectivity index (χ1n) is 8.41. The van der Waals surface area contributed by atoms with Gasteiger partial charge in [-0.3, -0.25) is 14.9 Å². The molecular formula is C19H20N2O6. The number of ether oxygens (including phenoxy) is 3. The molecule has 0 radical (unpaired) electrons. The molecule has 8 nitrogen and oxygen atoms in total. The highest BCUT2D eigenvalue weighted by atomic mass is 16.6. The summed E-state index contributed by atoms with van der Waals surface area (Å²) in [5.74, 6) is 1.10. The van der Waals surface area contributed by atoms with E-state index in [2.05, 4.69) is 0 Å². The van der Waals surface area contributed by atoms with Crippen LogP contribution in [-0.2, 0) is 0 Å². The zero-order valence-corrected chi connectivity index (χ0v) is 15.3. The van der Waals surface area contributed by atoms with E-state index in [-0.39, 0.29) is 17.6 Å². The zero-order chi connectivity index (χ0) is 19.6. The lowest BCUT2D eigenvalue weighted by molar-refractivity contribution is -0.384. The normalized spacial score (nSPS) is 13.6. The van der Waals surface area contributed by atoms with Crippen molar-refractivity contribution in [3.8, 4) is 17.2 Å². The second-order valence-corrected chi connectivity index (χ2v) is 6.15. The Balaban J connectivity index is 1.89. The fourth-order valence-electron chi connectivity index (χ4n) is 2.90. The van der Waals surface area contributed by atoms with Crippen LogP contribution in [0.2, 0.25) is 0 Å². The molecule has 1 heterocycles. The van der Waals surface area contributed by atoms with Gasteiger partial charge in [0.15, 0.2) is 11.5 Å². The number of nitro benzene ring substituents is 1. The van der Waals surface area contributed by atoms with Crippen LogP contribution < -0.4 is 14.2 Å². The Bertz CT molecular complexity index is 865. The van der Waals surface area contributed by atoms with Crippen molar-refractivity contribution in [3.05, 3.63) is 57.6 Å². The largest absolute Gasteiger partial charge is 0.493 e. The van der Waals surface area contributed by atoms with Gasteiger partial charge in [-0.1, -0.05) is 12.1 Å². The van der Waals surface area contributed by atoms with Crippen LogP contribution in [0.5, 0.6) is 17.2 Å². The molecule has 0 aromatic heterocycles. The van der Waals surface area contributed by atoms with Crippen molar-refractivity contribution in [2.75, 3.05) is 27.4 Å². The number of carbonyl (C=O) groups excluding carboxylic acids is 1. The maximum Gasteiger partial charge on any atom is 0.269 e. The summed E-state index contributed by atoms with van der Waals surface area (Å²) < 4.78 is 16.4. The first kappa shape index (κ1) is 18.5. The van der Waals surface area contributed by atoms with E-state index < -0.39 is 4.92 Å². The number of hydrogen-bond donors (Lipinski definition) is 0. The number of non-ortho nitro benzene ring substituents is 1. The van der Waals surface area contributed by atoms with Gasteiger partial charge in [-0.25, -0.2) is 0 Å². The van der Waals surface area contributed by atoms with Gasteiger partial charge in [0, 0.05) is 24.7 Å². The molecule has 3 rings (SSSR count). The maximum atomic E-state index is 13.0. The van der Waals surface area contributed by atoms with E-state index in [4.69, 9.17) is 14.2 Å². The number of benzene rings is 2. The van der Waals surface area contributed by atoms with Gasteiger partial charge in [-0.2, -0.15) is 0 Å². The molecule has 1 amide bonds. The van der Waals surface area contributed by atoms with E-state index in [1.807, 2.05) is 6.92 Å². The third-order valence-corrected chi connectivity index (χ3v) is 4.54. The summed E-state index contributed by atoms with van der Waals surface area (Å²) in [5, 5.41) is 11.0. The van der Waals surface area contributed by atoms with Gasteiger partial charge in [0.1, 0.15) is 13.2 Å². The van der Waals surface area contributed by atoms with Crippen molar-refractivity contribution in [1.82, 2.24) is 4.90 Å². The topological polar surface area (TPSA) is 91.1 Å². The first-order valence-corrected chi connectivity index (χ1v) is 8.41. The lowest BCUT2D eigenvalue weighted by Crippen LogP contribution is -2.30. The smallest absolute Gasteiger partial charge is 0.269 e. The van der Waals surface area contributed by atoms with Crippen molar-refractivity contribution in [2.45, 2.75) is 13.0 Å². The van der Waals surface area contributed by atoms with Crippen LogP contribution in [0.4, 0.5) is 5.69 Å². The molecule has 1 aliphatic rings. The summed E-state index contributed by atoms with van der Waals surface area (Å²) in [4.78, 5) is 25.0. The Morgan fingerprint density at radius 1 is 1.26 bits per heavy atom. The van der Waals surface area contributed by atoms with E-state index in [0.29, 0.717) is 41.6 Å². The van der Waals surface area contributed by atoms with E-state index in [1.165, 1.54) is 24.1 Å². The average Bonchev–Trinajstić information content (AvgIpc) is 2.71. The molecule has 0 saturated carbocycles. The maximum absolute atomic E-state index is 13.0. The minimum Gasteiger partial charge on any atom is -0.493 e. The number of carbonyl (C=O) groups is 1. The molecule has 1 atom stereocenters. The van der Waals surface area contributed by atoms with Gasteiger partial charge in [-0.05, 0) is 24.6 Å². The number of fused-ring (bicyclic) bond motifs is 1. The van der Waals surface area contributed by atoms with E-state index in [0.717, 1.165) is 0 Å². The van der Waals surface area contributed by atoms with Crippen LogP contribution in [0.3, 0.4) is 0 Å². The Kier molecular flexibility index (Phi) is 5.16. The summed E-state index contributed by atoms with van der Waals surface area (Å²) in [6, 6.07) is 9.11. The molecule has 2 aromatic rings. The fraction of sp³-hybridized carbons (Fsp3) is 0.316. The highest BCUT2D eigenvalue weighted by molar-refractivity contribution is 5.95. The van der Waals surface area contributed by atoms with Gasteiger partial charge < -0.3 is 19.1 Å². The third-order valence-electron chi connectivity index (χ3n) is 4.54. The molecule has 0 aliphatic carbocycles. The molecule has 1 aliphatic heterocycles. The van der Waals surface area contributed by atoms with Gasteiger partial charge >= 0.3 is 0 Å². The lowest BCUT2D eigenvalue weighted by Gasteiger charge is -2.27. The number of hydrogen-bond acceptors (Lipinski definition) is 6. The summed E-state index contributed by atoms with van der Waals surface area (Å²) in [5.41, 5.74) is 1.04. The summed E-state index contributed by atoms with van der Waals surface area (Å²) in [6.07, 6.45) is 0. The average molecular weight is 372 g/mol. The van der Waals surface area contributed by atoms with Crippen LogP contribution in [0.1, 0.15) is 28.9 Å². The van der Waals surface area contributed by atoms with Gasteiger partial charge in [0.25, 0.3) is 11.6 Å². The quantitative estimate of drug-likeness (QED) is 0.591. The third kappa shape index (κ3) is 3.64. The van der Waals surface area contributed by atoms with Gasteiger partial charge in [-0.15, -0.1) is 0 Å². The Hall–Kier alpha value is -3.29. The minimum atomic E-state index is -0.455. The predicted molar refractivity (Wildman–Crippen MR) is 97.6 cm³/mol. The highest BCUT2D eigenvalue weighted by Gasteiger charge is 2.25. The lowest BCUT2D eigenvalue weighted by atomic mass is 10.0. The van der Waals surface area contributed by atoms with Crippen LogP contribution in [-0.4, -0.2) is 43.1 Å². The van der Waals surface area contributed by atoms with Crippen molar-refractivity contribution in [2.24, 2.45) is 0 Å². The molecule has 0 fully saturated rings. The first-order chi connectivity index (χ1) is 12.9. The molecule has 27 heavy (non-hydrogen) atoms.